The zero-order chi connectivity index (χ0) is 29.7. The Morgan fingerprint density at radius 1 is 1.12 bits per heavy atom. The Hall–Kier alpha value is -2.29. The van der Waals surface area contributed by atoms with Gasteiger partial charge in [-0.05, 0) is 72.5 Å². The number of piperidine rings is 1. The number of aromatic nitrogens is 1. The van der Waals surface area contributed by atoms with Crippen LogP contribution >= 0.6 is 11.3 Å². The van der Waals surface area contributed by atoms with Crippen molar-refractivity contribution in [3.63, 3.8) is 0 Å². The van der Waals surface area contributed by atoms with Crippen molar-refractivity contribution in [1.29, 1.82) is 0 Å². The minimum atomic E-state index is -0.672. The molecule has 2 aliphatic carbocycles. The highest BCUT2D eigenvalue weighted by Gasteiger charge is 2.59. The fourth-order valence-electron chi connectivity index (χ4n) is 7.55. The molecule has 2 fully saturated rings. The molecule has 2 heterocycles. The van der Waals surface area contributed by atoms with Gasteiger partial charge in [-0.25, -0.2) is 4.98 Å². The molecule has 1 aliphatic heterocycles. The molecule has 8 heteroatoms. The second kappa shape index (κ2) is 11.1. The van der Waals surface area contributed by atoms with Crippen molar-refractivity contribution in [2.75, 3.05) is 25.0 Å². The van der Waals surface area contributed by atoms with E-state index in [-0.39, 0.29) is 41.1 Å². The molecular weight excluding hydrogens is 534 g/mol. The molecule has 2 aromatic rings. The standard InChI is InChI=1S/C33H47N3O4S/c1-20-12-15-36(16-13-20)27(39)17-23-28-24(18-25-32(23,5)14-11-26(38)33(25,6)19-37)41-30(34-28)35-29(40)21-7-9-22(10-8-21)31(2,3)4/h7-10,20,23,25-26,37-38H,11-19H2,1-6H3,(H,34,35,40). The Bertz CT molecular complexity index is 1280. The van der Waals surface area contributed by atoms with Crippen molar-refractivity contribution in [2.45, 2.75) is 97.5 Å². The third-order valence-corrected chi connectivity index (χ3v) is 11.7. The number of nitrogens with one attached hydrogen (secondary N) is 1. The summed E-state index contributed by atoms with van der Waals surface area (Å²) in [7, 11) is 0. The molecule has 3 aliphatic rings. The number of aliphatic hydroxyl groups excluding tert-OH is 2. The number of fused-ring (bicyclic) bond motifs is 2. The van der Waals surface area contributed by atoms with Crippen LogP contribution in [-0.4, -0.2) is 57.7 Å². The normalized spacial score (nSPS) is 30.4. The molecule has 5 rings (SSSR count). The molecule has 5 atom stereocenters. The number of benzene rings is 1. The summed E-state index contributed by atoms with van der Waals surface area (Å²) in [6, 6.07) is 7.71. The van der Waals surface area contributed by atoms with Crippen molar-refractivity contribution in [2.24, 2.45) is 22.7 Å². The van der Waals surface area contributed by atoms with Crippen molar-refractivity contribution in [1.82, 2.24) is 9.88 Å². The summed E-state index contributed by atoms with van der Waals surface area (Å²) >= 11 is 1.47. The molecule has 1 aromatic carbocycles. The molecule has 0 spiro atoms. The lowest BCUT2D eigenvalue weighted by Gasteiger charge is -2.58. The number of likely N-dealkylation sites (tertiary alicyclic amines) is 1. The van der Waals surface area contributed by atoms with Crippen LogP contribution in [-0.2, 0) is 16.6 Å². The third-order valence-electron chi connectivity index (χ3n) is 10.6. The average molecular weight is 582 g/mol. The molecule has 5 unspecified atom stereocenters. The van der Waals surface area contributed by atoms with Crippen LogP contribution in [0, 0.1) is 22.7 Å². The topological polar surface area (TPSA) is 103 Å². The molecule has 0 bridgehead atoms. The van der Waals surface area contributed by atoms with Gasteiger partial charge < -0.3 is 15.1 Å². The van der Waals surface area contributed by atoms with Crippen LogP contribution < -0.4 is 5.32 Å². The first-order chi connectivity index (χ1) is 19.3. The number of carbonyl (C=O) groups excluding carboxylic acids is 2. The van der Waals surface area contributed by atoms with Gasteiger partial charge in [0.1, 0.15) is 0 Å². The molecule has 7 nitrogen and oxygen atoms in total. The quantitative estimate of drug-likeness (QED) is 0.417. The Kier molecular flexibility index (Phi) is 8.16. The van der Waals surface area contributed by atoms with E-state index in [1.165, 1.54) is 16.9 Å². The highest BCUT2D eigenvalue weighted by Crippen LogP contribution is 2.63. The number of nitrogens with zero attached hydrogens (tertiary/aromatic N) is 2. The van der Waals surface area contributed by atoms with Gasteiger partial charge >= 0.3 is 0 Å². The lowest BCUT2D eigenvalue weighted by Crippen LogP contribution is -2.57. The molecule has 0 radical (unpaired) electrons. The number of carbonyl (C=O) groups is 2. The second-order valence-electron chi connectivity index (χ2n) is 14.4. The zero-order valence-corrected chi connectivity index (χ0v) is 26.3. The van der Waals surface area contributed by atoms with Crippen molar-refractivity contribution in [3.8, 4) is 0 Å². The number of amides is 2. The van der Waals surface area contributed by atoms with Gasteiger partial charge in [0.05, 0.1) is 18.4 Å². The maximum Gasteiger partial charge on any atom is 0.257 e. The van der Waals surface area contributed by atoms with Gasteiger partial charge in [-0.15, -0.1) is 11.3 Å². The van der Waals surface area contributed by atoms with Crippen molar-refractivity contribution >= 4 is 28.3 Å². The number of hydrogen-bond donors (Lipinski definition) is 3. The third kappa shape index (κ3) is 5.59. The fourth-order valence-corrected chi connectivity index (χ4v) is 8.62. The predicted molar refractivity (Wildman–Crippen MR) is 163 cm³/mol. The monoisotopic (exact) mass is 581 g/mol. The Morgan fingerprint density at radius 3 is 2.39 bits per heavy atom. The summed E-state index contributed by atoms with van der Waals surface area (Å²) in [6.07, 6.45) is 3.83. The van der Waals surface area contributed by atoms with Gasteiger partial charge in [0.2, 0.25) is 5.91 Å². The van der Waals surface area contributed by atoms with Crippen LogP contribution in [0.3, 0.4) is 0 Å². The number of rotatable bonds is 5. The first-order valence-electron chi connectivity index (χ1n) is 15.2. The molecule has 2 amide bonds. The summed E-state index contributed by atoms with van der Waals surface area (Å²) in [4.78, 5) is 34.9. The molecule has 1 saturated carbocycles. The van der Waals surface area contributed by atoms with Crippen LogP contribution in [0.1, 0.15) is 106 Å². The van der Waals surface area contributed by atoms with Gasteiger partial charge in [0, 0.05) is 41.3 Å². The van der Waals surface area contributed by atoms with Crippen LogP contribution in [0.15, 0.2) is 24.3 Å². The molecule has 1 saturated heterocycles. The summed E-state index contributed by atoms with van der Waals surface area (Å²) < 4.78 is 0. The van der Waals surface area contributed by atoms with E-state index in [2.05, 4.69) is 39.9 Å². The van der Waals surface area contributed by atoms with Crippen LogP contribution in [0.5, 0.6) is 0 Å². The van der Waals surface area contributed by atoms with Gasteiger partial charge in [-0.2, -0.15) is 0 Å². The van der Waals surface area contributed by atoms with Gasteiger partial charge in [-0.1, -0.05) is 53.7 Å². The number of thiazole rings is 1. The number of anilines is 1. The van der Waals surface area contributed by atoms with Crippen molar-refractivity contribution in [3.05, 3.63) is 46.0 Å². The van der Waals surface area contributed by atoms with Crippen LogP contribution in [0.25, 0.3) is 0 Å². The van der Waals surface area contributed by atoms with E-state index >= 15 is 0 Å². The Labute approximate surface area is 248 Å². The molecule has 1 aromatic heterocycles. The van der Waals surface area contributed by atoms with E-state index in [9.17, 15) is 19.8 Å². The zero-order valence-electron chi connectivity index (χ0n) is 25.5. The maximum atomic E-state index is 13.7. The van der Waals surface area contributed by atoms with Crippen LogP contribution in [0.2, 0.25) is 0 Å². The van der Waals surface area contributed by atoms with Crippen LogP contribution in [0.4, 0.5) is 5.13 Å². The number of hydrogen-bond acceptors (Lipinski definition) is 6. The second-order valence-corrected chi connectivity index (χ2v) is 15.5. The van der Waals surface area contributed by atoms with E-state index in [1.807, 2.05) is 36.1 Å². The summed E-state index contributed by atoms with van der Waals surface area (Å²) in [5, 5.41) is 25.1. The van der Waals surface area contributed by atoms with Gasteiger partial charge in [0.15, 0.2) is 5.13 Å². The van der Waals surface area contributed by atoms with E-state index in [0.717, 1.165) is 42.9 Å². The van der Waals surface area contributed by atoms with E-state index in [1.54, 1.807) is 0 Å². The lowest BCUT2D eigenvalue weighted by atomic mass is 9.47. The molecular formula is C33H47N3O4S. The highest BCUT2D eigenvalue weighted by atomic mass is 32.1. The van der Waals surface area contributed by atoms with E-state index < -0.39 is 11.5 Å². The van der Waals surface area contributed by atoms with Gasteiger partial charge in [0.25, 0.3) is 5.91 Å². The number of aliphatic hydroxyl groups is 2. The van der Waals surface area contributed by atoms with E-state index in [4.69, 9.17) is 4.98 Å². The minimum Gasteiger partial charge on any atom is -0.396 e. The van der Waals surface area contributed by atoms with E-state index in [0.29, 0.717) is 35.9 Å². The smallest absolute Gasteiger partial charge is 0.257 e. The summed E-state index contributed by atoms with van der Waals surface area (Å²) in [5.41, 5.74) is 1.68. The summed E-state index contributed by atoms with van der Waals surface area (Å²) in [6.45, 7) is 14.4. The average Bonchev–Trinajstić information content (AvgIpc) is 3.34. The highest BCUT2D eigenvalue weighted by molar-refractivity contribution is 7.15. The molecule has 224 valence electrons. The maximum absolute atomic E-state index is 13.7. The van der Waals surface area contributed by atoms with Crippen molar-refractivity contribution < 1.29 is 19.8 Å². The largest absolute Gasteiger partial charge is 0.396 e. The first-order valence-corrected chi connectivity index (χ1v) is 16.1. The SMILES string of the molecule is CC1CCN(C(=O)CC2c3nc(NC(=O)c4ccc(C(C)(C)C)cc4)sc3CC3C(C)(CO)C(O)CCC23C)CC1. The first kappa shape index (κ1) is 30.2. The Morgan fingerprint density at radius 2 is 1.78 bits per heavy atom. The predicted octanol–water partition coefficient (Wildman–Crippen LogP) is 5.76. The lowest BCUT2D eigenvalue weighted by molar-refractivity contribution is -0.147. The fraction of sp³-hybridized carbons (Fsp3) is 0.667. The molecule has 3 N–H and O–H groups in total. The summed E-state index contributed by atoms with van der Waals surface area (Å²) in [5.74, 6) is 0.440. The Balaban J connectivity index is 1.45. The minimum absolute atomic E-state index is 0.00575. The molecule has 41 heavy (non-hydrogen) atoms. The van der Waals surface area contributed by atoms with Gasteiger partial charge in [-0.3, -0.25) is 14.9 Å².